The summed E-state index contributed by atoms with van der Waals surface area (Å²) >= 11 is 0. The smallest absolute Gasteiger partial charge is 0.236 e. The van der Waals surface area contributed by atoms with Crippen molar-refractivity contribution in [2.75, 3.05) is 13.1 Å². The Balaban J connectivity index is 1.44. The van der Waals surface area contributed by atoms with E-state index in [4.69, 9.17) is 0 Å². The van der Waals surface area contributed by atoms with Crippen LogP contribution in [-0.2, 0) is 10.0 Å². The Kier molecular flexibility index (Phi) is 4.89. The highest BCUT2D eigenvalue weighted by Gasteiger charge is 2.28. The molecule has 0 spiro atoms. The number of hydrogen-bond donors (Lipinski definition) is 1. The molecule has 0 radical (unpaired) electrons. The first kappa shape index (κ1) is 18.0. The lowest BCUT2D eigenvalue weighted by Crippen LogP contribution is -2.36. The Bertz CT molecular complexity index is 1060. The number of piperidine rings is 1. The molecule has 1 fully saturated rings. The normalized spacial score (nSPS) is 17.1. The molecule has 0 aliphatic carbocycles. The van der Waals surface area contributed by atoms with Crippen molar-refractivity contribution in [1.29, 1.82) is 0 Å². The lowest BCUT2D eigenvalue weighted by molar-refractivity contribution is 0.323. The number of H-pyrrole nitrogens is 1. The van der Waals surface area contributed by atoms with Crippen LogP contribution in [0.5, 0.6) is 0 Å². The summed E-state index contributed by atoms with van der Waals surface area (Å²) < 4.78 is 26.9. The van der Waals surface area contributed by atoms with Crippen molar-refractivity contribution in [2.24, 2.45) is 0 Å². The van der Waals surface area contributed by atoms with Crippen molar-refractivity contribution in [3.8, 4) is 0 Å². The summed E-state index contributed by atoms with van der Waals surface area (Å²) in [6.07, 6.45) is 5.45. The summed E-state index contributed by atoms with van der Waals surface area (Å²) in [4.78, 5) is 3.33. The number of aromatic nitrogens is 1. The van der Waals surface area contributed by atoms with Crippen molar-refractivity contribution in [1.82, 2.24) is 9.29 Å². The van der Waals surface area contributed by atoms with E-state index in [9.17, 15) is 8.42 Å². The Labute approximate surface area is 160 Å². The van der Waals surface area contributed by atoms with Crippen molar-refractivity contribution in [2.45, 2.75) is 25.7 Å². The molecule has 1 aliphatic heterocycles. The Morgan fingerprint density at radius 3 is 2.48 bits per heavy atom. The molecule has 1 aliphatic rings. The van der Waals surface area contributed by atoms with Gasteiger partial charge in [-0.15, -0.1) is 0 Å². The molecule has 3 aromatic rings. The van der Waals surface area contributed by atoms with E-state index in [-0.39, 0.29) is 0 Å². The second-order valence-corrected chi connectivity index (χ2v) is 9.04. The maximum atomic E-state index is 12.7. The predicted octanol–water partition coefficient (Wildman–Crippen LogP) is 4.66. The van der Waals surface area contributed by atoms with Crippen LogP contribution < -0.4 is 0 Å². The van der Waals surface area contributed by atoms with Gasteiger partial charge in [0.25, 0.3) is 0 Å². The molecule has 0 unspecified atom stereocenters. The largest absolute Gasteiger partial charge is 0.361 e. The van der Waals surface area contributed by atoms with Crippen LogP contribution in [0, 0.1) is 6.92 Å². The molecule has 1 saturated heterocycles. The minimum absolute atomic E-state index is 0.397. The van der Waals surface area contributed by atoms with E-state index >= 15 is 0 Å². The molecule has 140 valence electrons. The van der Waals surface area contributed by atoms with Crippen LogP contribution in [0.15, 0.2) is 60.1 Å². The van der Waals surface area contributed by atoms with Crippen molar-refractivity contribution in [3.05, 3.63) is 76.8 Å². The van der Waals surface area contributed by atoms with E-state index in [0.29, 0.717) is 19.0 Å². The van der Waals surface area contributed by atoms with Gasteiger partial charge in [0.05, 0.1) is 0 Å². The predicted molar refractivity (Wildman–Crippen MR) is 111 cm³/mol. The molecule has 2 heterocycles. The van der Waals surface area contributed by atoms with Gasteiger partial charge in [0, 0.05) is 35.6 Å². The number of rotatable bonds is 4. The van der Waals surface area contributed by atoms with Crippen LogP contribution in [0.1, 0.15) is 35.4 Å². The SMILES string of the molecule is Cc1ccc(/C=C/S(=O)(=O)N2CCC(c3c[nH]c4ccccc34)CC2)cc1. The molecule has 27 heavy (non-hydrogen) atoms. The zero-order valence-corrected chi connectivity index (χ0v) is 16.2. The minimum atomic E-state index is -3.38. The summed E-state index contributed by atoms with van der Waals surface area (Å²) in [6.45, 7) is 3.14. The summed E-state index contributed by atoms with van der Waals surface area (Å²) in [5.41, 5.74) is 4.51. The summed E-state index contributed by atoms with van der Waals surface area (Å²) in [6, 6.07) is 16.1. The number of fused-ring (bicyclic) bond motifs is 1. The van der Waals surface area contributed by atoms with Gasteiger partial charge in [-0.05, 0) is 49.0 Å². The van der Waals surface area contributed by atoms with Crippen LogP contribution >= 0.6 is 0 Å². The second-order valence-electron chi connectivity index (χ2n) is 7.22. The number of hydrogen-bond acceptors (Lipinski definition) is 2. The number of benzene rings is 2. The quantitative estimate of drug-likeness (QED) is 0.716. The number of nitrogens with one attached hydrogen (secondary N) is 1. The molecule has 0 atom stereocenters. The van der Waals surface area contributed by atoms with Gasteiger partial charge >= 0.3 is 0 Å². The number of aryl methyl sites for hydroxylation is 1. The molecule has 1 aromatic heterocycles. The van der Waals surface area contributed by atoms with E-state index in [2.05, 4.69) is 29.4 Å². The first-order chi connectivity index (χ1) is 13.0. The fraction of sp³-hybridized carbons (Fsp3) is 0.273. The minimum Gasteiger partial charge on any atom is -0.361 e. The molecular weight excluding hydrogens is 356 g/mol. The van der Waals surface area contributed by atoms with E-state index in [1.807, 2.05) is 37.3 Å². The number of aromatic amines is 1. The van der Waals surface area contributed by atoms with E-state index in [1.54, 1.807) is 10.4 Å². The zero-order chi connectivity index (χ0) is 18.9. The van der Waals surface area contributed by atoms with Gasteiger partial charge < -0.3 is 4.98 Å². The molecular formula is C22H24N2O2S. The van der Waals surface area contributed by atoms with Gasteiger partial charge in [-0.1, -0.05) is 48.0 Å². The maximum absolute atomic E-state index is 12.7. The first-order valence-electron chi connectivity index (χ1n) is 9.34. The first-order valence-corrected chi connectivity index (χ1v) is 10.8. The molecule has 0 saturated carbocycles. The number of para-hydroxylation sites is 1. The fourth-order valence-corrected chi connectivity index (χ4v) is 5.00. The lowest BCUT2D eigenvalue weighted by Gasteiger charge is -2.30. The van der Waals surface area contributed by atoms with Crippen molar-refractivity contribution in [3.63, 3.8) is 0 Å². The van der Waals surface area contributed by atoms with Crippen LogP contribution in [-0.4, -0.2) is 30.8 Å². The summed E-state index contributed by atoms with van der Waals surface area (Å²) in [7, 11) is -3.38. The number of nitrogens with zero attached hydrogens (tertiary/aromatic N) is 1. The van der Waals surface area contributed by atoms with Gasteiger partial charge in [-0.3, -0.25) is 0 Å². The third-order valence-electron chi connectivity index (χ3n) is 5.38. The average Bonchev–Trinajstić information content (AvgIpc) is 3.12. The third kappa shape index (κ3) is 3.84. The highest BCUT2D eigenvalue weighted by molar-refractivity contribution is 7.92. The van der Waals surface area contributed by atoms with E-state index in [1.165, 1.54) is 16.4 Å². The van der Waals surface area contributed by atoms with Gasteiger partial charge in [-0.2, -0.15) is 4.31 Å². The highest BCUT2D eigenvalue weighted by atomic mass is 32.2. The van der Waals surface area contributed by atoms with Crippen molar-refractivity contribution >= 4 is 27.0 Å². The van der Waals surface area contributed by atoms with Gasteiger partial charge in [-0.25, -0.2) is 8.42 Å². The molecule has 1 N–H and O–H groups in total. The molecule has 4 nitrogen and oxygen atoms in total. The van der Waals surface area contributed by atoms with Crippen LogP contribution in [0.25, 0.3) is 17.0 Å². The summed E-state index contributed by atoms with van der Waals surface area (Å²) in [5.74, 6) is 0.397. The van der Waals surface area contributed by atoms with E-state index < -0.39 is 10.0 Å². The van der Waals surface area contributed by atoms with Gasteiger partial charge in [0.1, 0.15) is 0 Å². The lowest BCUT2D eigenvalue weighted by atomic mass is 9.90. The fourth-order valence-electron chi connectivity index (χ4n) is 3.78. The zero-order valence-electron chi connectivity index (χ0n) is 15.4. The Hall–Kier alpha value is -2.37. The standard InChI is InChI=1S/C22H24N2O2S/c1-17-6-8-18(9-7-17)12-15-27(25,26)24-13-10-19(11-14-24)21-16-23-22-5-3-2-4-20(21)22/h2-9,12,15-16,19,23H,10-11,13-14H2,1H3/b15-12+. The molecule has 5 heteroatoms. The second kappa shape index (κ2) is 7.33. The Morgan fingerprint density at radius 2 is 1.74 bits per heavy atom. The average molecular weight is 381 g/mol. The van der Waals surface area contributed by atoms with Crippen molar-refractivity contribution < 1.29 is 8.42 Å². The van der Waals surface area contributed by atoms with Crippen LogP contribution in [0.4, 0.5) is 0 Å². The van der Waals surface area contributed by atoms with Crippen LogP contribution in [0.2, 0.25) is 0 Å². The van der Waals surface area contributed by atoms with Gasteiger partial charge in [0.15, 0.2) is 0 Å². The van der Waals surface area contributed by atoms with Gasteiger partial charge in [0.2, 0.25) is 10.0 Å². The van der Waals surface area contributed by atoms with Crippen LogP contribution in [0.3, 0.4) is 0 Å². The molecule has 0 amide bonds. The van der Waals surface area contributed by atoms with E-state index in [0.717, 1.165) is 29.5 Å². The molecule has 0 bridgehead atoms. The third-order valence-corrected chi connectivity index (χ3v) is 6.95. The monoisotopic (exact) mass is 380 g/mol. The molecule has 4 rings (SSSR count). The maximum Gasteiger partial charge on any atom is 0.236 e. The topological polar surface area (TPSA) is 53.2 Å². The summed E-state index contributed by atoms with van der Waals surface area (Å²) in [5, 5.41) is 2.59. The highest BCUT2D eigenvalue weighted by Crippen LogP contribution is 2.33. The number of sulfonamides is 1. The Morgan fingerprint density at radius 1 is 1.04 bits per heavy atom. The molecule has 2 aromatic carbocycles.